The van der Waals surface area contributed by atoms with Gasteiger partial charge in [0.1, 0.15) is 11.9 Å². The monoisotopic (exact) mass is 425 g/mol. The van der Waals surface area contributed by atoms with Crippen molar-refractivity contribution in [3.63, 3.8) is 0 Å². The van der Waals surface area contributed by atoms with E-state index in [-0.39, 0.29) is 17.3 Å². The van der Waals surface area contributed by atoms with E-state index in [1.54, 1.807) is 12.1 Å². The van der Waals surface area contributed by atoms with Crippen LogP contribution in [-0.2, 0) is 9.53 Å². The van der Waals surface area contributed by atoms with E-state index in [1.807, 2.05) is 30.3 Å². The van der Waals surface area contributed by atoms with Crippen LogP contribution in [0.15, 0.2) is 54.6 Å². The van der Waals surface area contributed by atoms with Crippen molar-refractivity contribution in [3.8, 4) is 0 Å². The molecule has 1 saturated carbocycles. The van der Waals surface area contributed by atoms with Crippen LogP contribution in [-0.4, -0.2) is 49.2 Å². The van der Waals surface area contributed by atoms with Gasteiger partial charge in [-0.1, -0.05) is 49.6 Å². The summed E-state index contributed by atoms with van der Waals surface area (Å²) in [4.78, 5) is 15.8. The van der Waals surface area contributed by atoms with Crippen LogP contribution < -0.4 is 10.6 Å². The number of hydrogen-bond acceptors (Lipinski definition) is 4. The van der Waals surface area contributed by atoms with E-state index < -0.39 is 6.04 Å². The Bertz CT molecular complexity index is 832. The van der Waals surface area contributed by atoms with E-state index in [2.05, 4.69) is 15.5 Å². The average molecular weight is 426 g/mol. The molecule has 6 heteroatoms. The number of benzene rings is 2. The van der Waals surface area contributed by atoms with Gasteiger partial charge in [0.15, 0.2) is 0 Å². The highest BCUT2D eigenvalue weighted by molar-refractivity contribution is 5.95. The first-order valence-electron chi connectivity index (χ1n) is 11.3. The predicted octanol–water partition coefficient (Wildman–Crippen LogP) is 4.13. The Kier molecular flexibility index (Phi) is 7.33. The first kappa shape index (κ1) is 21.9. The van der Waals surface area contributed by atoms with Crippen LogP contribution in [0, 0.1) is 5.82 Å². The SMILES string of the molecule is O=C(Nc1ccc(F)cc1)[C@@H](NCC1(N2CCOCC2)CCCCC1)c1ccccc1. The quantitative estimate of drug-likeness (QED) is 0.700. The van der Waals surface area contributed by atoms with Gasteiger partial charge in [-0.05, 0) is 42.7 Å². The lowest BCUT2D eigenvalue weighted by molar-refractivity contribution is -0.118. The van der Waals surface area contributed by atoms with Gasteiger partial charge >= 0.3 is 0 Å². The van der Waals surface area contributed by atoms with Gasteiger partial charge in [0.2, 0.25) is 5.91 Å². The molecule has 5 nitrogen and oxygen atoms in total. The number of morpholine rings is 1. The number of anilines is 1. The molecule has 2 aromatic rings. The van der Waals surface area contributed by atoms with Crippen LogP contribution in [0.4, 0.5) is 10.1 Å². The summed E-state index contributed by atoms with van der Waals surface area (Å²) in [7, 11) is 0. The van der Waals surface area contributed by atoms with Crippen molar-refractivity contribution in [2.45, 2.75) is 43.7 Å². The maximum absolute atomic E-state index is 13.3. The van der Waals surface area contributed by atoms with Gasteiger partial charge in [-0.2, -0.15) is 0 Å². The van der Waals surface area contributed by atoms with E-state index >= 15 is 0 Å². The van der Waals surface area contributed by atoms with Crippen molar-refractivity contribution in [1.82, 2.24) is 10.2 Å². The highest BCUT2D eigenvalue weighted by Gasteiger charge is 2.39. The Balaban J connectivity index is 1.52. The molecule has 0 bridgehead atoms. The van der Waals surface area contributed by atoms with Gasteiger partial charge in [0.25, 0.3) is 0 Å². The third kappa shape index (κ3) is 5.50. The number of carbonyl (C=O) groups excluding carboxylic acids is 1. The first-order valence-corrected chi connectivity index (χ1v) is 11.3. The molecule has 0 aromatic heterocycles. The average Bonchev–Trinajstić information content (AvgIpc) is 2.82. The normalized spacial score (nSPS) is 20.2. The largest absolute Gasteiger partial charge is 0.379 e. The molecule has 1 aliphatic heterocycles. The van der Waals surface area contributed by atoms with Crippen LogP contribution in [0.25, 0.3) is 0 Å². The minimum absolute atomic E-state index is 0.0607. The molecule has 1 atom stereocenters. The Morgan fingerprint density at radius 2 is 1.68 bits per heavy atom. The molecule has 1 aliphatic carbocycles. The van der Waals surface area contributed by atoms with Gasteiger partial charge in [-0.25, -0.2) is 4.39 Å². The maximum atomic E-state index is 13.3. The van der Waals surface area contributed by atoms with Gasteiger partial charge in [0, 0.05) is 30.9 Å². The van der Waals surface area contributed by atoms with Crippen molar-refractivity contribution < 1.29 is 13.9 Å². The van der Waals surface area contributed by atoms with Gasteiger partial charge in [-0.15, -0.1) is 0 Å². The molecule has 31 heavy (non-hydrogen) atoms. The molecule has 2 aromatic carbocycles. The zero-order valence-electron chi connectivity index (χ0n) is 18.0. The van der Waals surface area contributed by atoms with E-state index in [0.717, 1.165) is 51.3 Å². The molecule has 2 aliphatic rings. The second-order valence-electron chi connectivity index (χ2n) is 8.61. The summed E-state index contributed by atoms with van der Waals surface area (Å²) in [6.45, 7) is 4.19. The Morgan fingerprint density at radius 3 is 2.35 bits per heavy atom. The number of amides is 1. The molecule has 166 valence electrons. The smallest absolute Gasteiger partial charge is 0.246 e. The zero-order valence-corrected chi connectivity index (χ0v) is 18.0. The molecule has 1 saturated heterocycles. The second-order valence-corrected chi connectivity index (χ2v) is 8.61. The molecule has 2 N–H and O–H groups in total. The molecule has 1 amide bonds. The summed E-state index contributed by atoms with van der Waals surface area (Å²) in [6, 6.07) is 15.2. The number of carbonyl (C=O) groups is 1. The molecule has 0 spiro atoms. The lowest BCUT2D eigenvalue weighted by Gasteiger charge is -2.48. The van der Waals surface area contributed by atoms with Crippen molar-refractivity contribution in [3.05, 3.63) is 66.0 Å². The molecule has 0 unspecified atom stereocenters. The fourth-order valence-electron chi connectivity index (χ4n) is 4.90. The fraction of sp³-hybridized carbons (Fsp3) is 0.480. The Labute approximate surface area is 184 Å². The van der Waals surface area contributed by atoms with Gasteiger partial charge in [-0.3, -0.25) is 9.69 Å². The minimum Gasteiger partial charge on any atom is -0.379 e. The van der Waals surface area contributed by atoms with E-state index in [4.69, 9.17) is 4.74 Å². The lowest BCUT2D eigenvalue weighted by atomic mass is 9.79. The number of nitrogens with one attached hydrogen (secondary N) is 2. The van der Waals surface area contributed by atoms with E-state index in [9.17, 15) is 9.18 Å². The molecule has 2 fully saturated rings. The molecule has 0 radical (unpaired) electrons. The standard InChI is InChI=1S/C25H32FN3O2/c26-21-9-11-22(12-10-21)28-24(30)23(20-7-3-1-4-8-20)27-19-25(13-5-2-6-14-25)29-15-17-31-18-16-29/h1,3-4,7-12,23,27H,2,5-6,13-19H2,(H,28,30)/t23-/m0/s1. The van der Waals surface area contributed by atoms with Crippen LogP contribution in [0.3, 0.4) is 0 Å². The number of hydrogen-bond donors (Lipinski definition) is 2. The third-order valence-corrected chi connectivity index (χ3v) is 6.61. The second kappa shape index (κ2) is 10.4. The van der Waals surface area contributed by atoms with Gasteiger partial charge in [0.05, 0.1) is 13.2 Å². The predicted molar refractivity (Wildman–Crippen MR) is 120 cm³/mol. The number of ether oxygens (including phenoxy) is 1. The molecular formula is C25H32FN3O2. The number of rotatable bonds is 7. The van der Waals surface area contributed by atoms with Crippen LogP contribution in [0.2, 0.25) is 0 Å². The van der Waals surface area contributed by atoms with E-state index in [1.165, 1.54) is 31.4 Å². The zero-order chi connectivity index (χ0) is 21.5. The van der Waals surface area contributed by atoms with Crippen LogP contribution in [0.1, 0.15) is 43.7 Å². The van der Waals surface area contributed by atoms with E-state index in [0.29, 0.717) is 5.69 Å². The van der Waals surface area contributed by atoms with Gasteiger partial charge < -0.3 is 15.4 Å². The third-order valence-electron chi connectivity index (χ3n) is 6.61. The molecule has 4 rings (SSSR count). The van der Waals surface area contributed by atoms with Crippen LogP contribution >= 0.6 is 0 Å². The maximum Gasteiger partial charge on any atom is 0.246 e. The van der Waals surface area contributed by atoms with Crippen molar-refractivity contribution in [1.29, 1.82) is 0 Å². The summed E-state index contributed by atoms with van der Waals surface area (Å²) in [5.41, 5.74) is 1.58. The minimum atomic E-state index is -0.480. The van der Waals surface area contributed by atoms with Crippen molar-refractivity contribution in [2.75, 3.05) is 38.2 Å². The number of nitrogens with zero attached hydrogens (tertiary/aromatic N) is 1. The summed E-state index contributed by atoms with van der Waals surface area (Å²) < 4.78 is 18.8. The Hall–Kier alpha value is -2.28. The first-order chi connectivity index (χ1) is 15.2. The fourth-order valence-corrected chi connectivity index (χ4v) is 4.90. The molecular weight excluding hydrogens is 393 g/mol. The summed E-state index contributed by atoms with van der Waals surface area (Å²) in [5, 5.41) is 6.55. The van der Waals surface area contributed by atoms with Crippen molar-refractivity contribution >= 4 is 11.6 Å². The lowest BCUT2D eigenvalue weighted by Crippen LogP contribution is -2.59. The topological polar surface area (TPSA) is 53.6 Å². The molecule has 1 heterocycles. The Morgan fingerprint density at radius 1 is 1.00 bits per heavy atom. The van der Waals surface area contributed by atoms with Crippen LogP contribution in [0.5, 0.6) is 0 Å². The summed E-state index contributed by atoms with van der Waals surface area (Å²) in [5.74, 6) is -0.453. The summed E-state index contributed by atoms with van der Waals surface area (Å²) >= 11 is 0. The summed E-state index contributed by atoms with van der Waals surface area (Å²) in [6.07, 6.45) is 6.00. The number of halogens is 1. The van der Waals surface area contributed by atoms with Crippen molar-refractivity contribution in [2.24, 2.45) is 0 Å². The highest BCUT2D eigenvalue weighted by Crippen LogP contribution is 2.34. The highest BCUT2D eigenvalue weighted by atomic mass is 19.1.